The molecule has 10 heteroatoms. The Bertz CT molecular complexity index is 2410. The monoisotopic (exact) mass is 908 g/mol. The fourth-order valence-electron chi connectivity index (χ4n) is 5.92. The largest absolute Gasteiger partial charge is 0.487 e. The molecule has 244 valence electrons. The van der Waals surface area contributed by atoms with Crippen LogP contribution in [-0.2, 0) is 16.1 Å². The number of thiazole rings is 1. The Morgan fingerprint density at radius 2 is 1.63 bits per heavy atom. The summed E-state index contributed by atoms with van der Waals surface area (Å²) in [5, 5.41) is 2.89. The van der Waals surface area contributed by atoms with Crippen molar-refractivity contribution >= 4 is 96.6 Å². The number of rotatable bonds is 8. The van der Waals surface area contributed by atoms with Gasteiger partial charge in [-0.1, -0.05) is 108 Å². The molecule has 0 spiro atoms. The summed E-state index contributed by atoms with van der Waals surface area (Å²) >= 11 is 12.1. The van der Waals surface area contributed by atoms with Crippen LogP contribution in [0.5, 0.6) is 5.75 Å². The van der Waals surface area contributed by atoms with E-state index in [1.54, 1.807) is 23.6 Å². The second-order valence-electron chi connectivity index (χ2n) is 11.2. The number of carbonyl (C=O) groups is 1. The molecule has 1 aliphatic heterocycles. The maximum atomic E-state index is 14.3. The van der Waals surface area contributed by atoms with Crippen LogP contribution in [0.2, 0.25) is 5.02 Å². The lowest BCUT2D eigenvalue weighted by atomic mass is 9.93. The van der Waals surface area contributed by atoms with Crippen molar-refractivity contribution in [2.75, 3.05) is 6.61 Å². The summed E-state index contributed by atoms with van der Waals surface area (Å²) in [5.41, 5.74) is 3.97. The van der Waals surface area contributed by atoms with Gasteiger partial charge >= 0.3 is 5.97 Å². The van der Waals surface area contributed by atoms with E-state index in [1.807, 2.05) is 78.9 Å². The summed E-state index contributed by atoms with van der Waals surface area (Å²) in [5.74, 6) is 0.268. The quantitative estimate of drug-likeness (QED) is 0.114. The minimum Gasteiger partial charge on any atom is -0.487 e. The molecule has 0 fully saturated rings. The number of benzene rings is 5. The number of ether oxygens (including phenoxy) is 2. The van der Waals surface area contributed by atoms with Gasteiger partial charge in [0.2, 0.25) is 0 Å². The molecule has 0 saturated carbocycles. The lowest BCUT2D eigenvalue weighted by molar-refractivity contribution is -0.138. The van der Waals surface area contributed by atoms with Crippen LogP contribution in [0.1, 0.15) is 35.2 Å². The van der Waals surface area contributed by atoms with Crippen LogP contribution in [0.15, 0.2) is 125 Å². The molecular formula is C39H27ClI2N2O4S. The van der Waals surface area contributed by atoms with Gasteiger partial charge in [0.25, 0.3) is 5.56 Å². The molecule has 0 radical (unpaired) electrons. The van der Waals surface area contributed by atoms with Crippen molar-refractivity contribution in [3.05, 3.63) is 169 Å². The number of esters is 1. The second kappa shape index (κ2) is 14.6. The molecule has 0 aliphatic carbocycles. The summed E-state index contributed by atoms with van der Waals surface area (Å²) < 4.78 is 15.9. The lowest BCUT2D eigenvalue weighted by Crippen LogP contribution is -2.40. The Morgan fingerprint density at radius 3 is 2.37 bits per heavy atom. The minimum atomic E-state index is -0.768. The van der Waals surface area contributed by atoms with Crippen molar-refractivity contribution in [2.45, 2.75) is 19.6 Å². The second-order valence-corrected chi connectivity index (χ2v) is 15.0. The average molecular weight is 909 g/mol. The molecule has 49 heavy (non-hydrogen) atoms. The lowest BCUT2D eigenvalue weighted by Gasteiger charge is -2.25. The van der Waals surface area contributed by atoms with Gasteiger partial charge in [0.05, 0.1) is 35.6 Å². The van der Waals surface area contributed by atoms with Crippen LogP contribution in [0.4, 0.5) is 0 Å². The Balaban J connectivity index is 1.32. The third-order valence-corrected chi connectivity index (χ3v) is 11.0. The van der Waals surface area contributed by atoms with E-state index < -0.39 is 12.0 Å². The summed E-state index contributed by atoms with van der Waals surface area (Å²) in [6, 6.07) is 34.4. The number of aromatic nitrogens is 1. The number of nitrogens with zero attached hydrogens (tertiary/aromatic N) is 2. The normalized spacial score (nSPS) is 14.4. The molecule has 0 amide bonds. The topological polar surface area (TPSA) is 69.9 Å². The van der Waals surface area contributed by atoms with Crippen molar-refractivity contribution in [1.29, 1.82) is 0 Å². The maximum Gasteiger partial charge on any atom is 0.338 e. The van der Waals surface area contributed by atoms with Gasteiger partial charge in [-0.2, -0.15) is 0 Å². The van der Waals surface area contributed by atoms with E-state index in [0.29, 0.717) is 32.2 Å². The van der Waals surface area contributed by atoms with E-state index in [9.17, 15) is 9.59 Å². The number of hydrogen-bond acceptors (Lipinski definition) is 6. The van der Waals surface area contributed by atoms with Crippen LogP contribution >= 0.6 is 68.1 Å². The molecule has 6 nitrogen and oxygen atoms in total. The first-order valence-corrected chi connectivity index (χ1v) is 18.8. The van der Waals surface area contributed by atoms with Gasteiger partial charge in [-0.3, -0.25) is 9.36 Å². The van der Waals surface area contributed by atoms with E-state index in [2.05, 4.69) is 69.4 Å². The van der Waals surface area contributed by atoms with Gasteiger partial charge in [0, 0.05) is 10.6 Å². The van der Waals surface area contributed by atoms with Crippen molar-refractivity contribution in [1.82, 2.24) is 4.57 Å². The molecule has 0 saturated heterocycles. The SMILES string of the molecule is CCOC(=O)C1=C(c2ccccc2)N=c2s/c(=C\c3cc(I)c(OCc4cccc5ccccc45)c(I)c3)c(=O)n2[C@@H]1c1ccc(Cl)cc1. The molecule has 1 atom stereocenters. The van der Waals surface area contributed by atoms with Crippen LogP contribution in [0, 0.1) is 7.14 Å². The Labute approximate surface area is 318 Å². The van der Waals surface area contributed by atoms with Gasteiger partial charge in [-0.15, -0.1) is 0 Å². The van der Waals surface area contributed by atoms with Gasteiger partial charge in [0.1, 0.15) is 12.4 Å². The summed E-state index contributed by atoms with van der Waals surface area (Å²) in [4.78, 5) is 33.4. The van der Waals surface area contributed by atoms with Crippen LogP contribution in [0.25, 0.3) is 22.5 Å². The van der Waals surface area contributed by atoms with Crippen LogP contribution in [0.3, 0.4) is 0 Å². The molecule has 0 unspecified atom stereocenters. The standard InChI is InChI=1S/C39H27ClI2N2O4S/c1-2-47-38(46)33-34(25-10-4-3-5-11-25)43-39-44(35(33)26-15-17-28(40)18-16-26)37(45)32(49-39)21-23-19-30(41)36(31(42)20-23)48-22-27-13-8-12-24-9-6-7-14-29(24)27/h3-21,35H,2,22H2,1H3/b32-21-/t35-/m1/s1. The molecule has 1 aromatic heterocycles. The Morgan fingerprint density at radius 1 is 0.939 bits per heavy atom. The number of fused-ring (bicyclic) bond motifs is 2. The molecule has 5 aromatic carbocycles. The molecule has 6 aromatic rings. The third kappa shape index (κ3) is 6.86. The highest BCUT2D eigenvalue weighted by atomic mass is 127. The molecule has 7 rings (SSSR count). The Hall–Kier alpha value is -3.78. The van der Waals surface area contributed by atoms with Gasteiger partial charge < -0.3 is 9.47 Å². The number of hydrogen-bond donors (Lipinski definition) is 0. The van der Waals surface area contributed by atoms with E-state index in [4.69, 9.17) is 26.1 Å². The van der Waals surface area contributed by atoms with Crippen molar-refractivity contribution < 1.29 is 14.3 Å². The van der Waals surface area contributed by atoms with E-state index in [1.165, 1.54) is 22.1 Å². The fourth-order valence-corrected chi connectivity index (χ4v) is 9.18. The zero-order valence-electron chi connectivity index (χ0n) is 26.0. The summed E-state index contributed by atoms with van der Waals surface area (Å²) in [6.07, 6.45) is 1.87. The molecule has 2 heterocycles. The number of halogens is 3. The first-order chi connectivity index (χ1) is 23.8. The predicted octanol–water partition coefficient (Wildman–Crippen LogP) is 8.53. The van der Waals surface area contributed by atoms with E-state index >= 15 is 0 Å². The van der Waals surface area contributed by atoms with Gasteiger partial charge in [-0.05, 0) is 110 Å². The first kappa shape index (κ1) is 33.7. The Kier molecular flexibility index (Phi) is 10.0. The zero-order valence-corrected chi connectivity index (χ0v) is 31.9. The first-order valence-electron chi connectivity index (χ1n) is 15.4. The maximum absolute atomic E-state index is 14.3. The highest BCUT2D eigenvalue weighted by Gasteiger charge is 2.35. The third-order valence-electron chi connectivity index (χ3n) is 8.13. The highest BCUT2D eigenvalue weighted by Crippen LogP contribution is 2.36. The average Bonchev–Trinajstić information content (AvgIpc) is 3.42. The van der Waals surface area contributed by atoms with Gasteiger partial charge in [0.15, 0.2) is 4.80 Å². The smallest absolute Gasteiger partial charge is 0.338 e. The molecule has 0 N–H and O–H groups in total. The highest BCUT2D eigenvalue weighted by molar-refractivity contribution is 14.1. The van der Waals surface area contributed by atoms with E-state index in [0.717, 1.165) is 35.1 Å². The predicted molar refractivity (Wildman–Crippen MR) is 213 cm³/mol. The minimum absolute atomic E-state index is 0.182. The number of carbonyl (C=O) groups excluding carboxylic acids is 1. The summed E-state index contributed by atoms with van der Waals surface area (Å²) in [6.45, 7) is 2.37. The zero-order chi connectivity index (χ0) is 34.1. The molecule has 1 aliphatic rings. The van der Waals surface area contributed by atoms with Crippen LogP contribution < -0.4 is 19.6 Å². The molecule has 0 bridgehead atoms. The molecular weight excluding hydrogens is 882 g/mol. The summed E-state index contributed by atoms with van der Waals surface area (Å²) in [7, 11) is 0. The van der Waals surface area contributed by atoms with Crippen molar-refractivity contribution in [3.63, 3.8) is 0 Å². The van der Waals surface area contributed by atoms with Gasteiger partial charge in [-0.25, -0.2) is 9.79 Å². The van der Waals surface area contributed by atoms with Crippen LogP contribution in [-0.4, -0.2) is 17.1 Å². The fraction of sp³-hybridized carbons (Fsp3) is 0.103. The van der Waals surface area contributed by atoms with Crippen molar-refractivity contribution in [2.24, 2.45) is 4.99 Å². The van der Waals surface area contributed by atoms with E-state index in [-0.39, 0.29) is 12.2 Å². The van der Waals surface area contributed by atoms with Crippen molar-refractivity contribution in [3.8, 4) is 5.75 Å².